The van der Waals surface area contributed by atoms with Crippen LogP contribution in [0.1, 0.15) is 30.5 Å². The quantitative estimate of drug-likeness (QED) is 0.478. The molecule has 0 saturated carbocycles. The fourth-order valence-corrected chi connectivity index (χ4v) is 3.24. The number of nitrogens with zero attached hydrogens (tertiary/aromatic N) is 2. The van der Waals surface area contributed by atoms with E-state index in [2.05, 4.69) is 4.98 Å². The Balaban J connectivity index is 2.19. The Morgan fingerprint density at radius 1 is 1.22 bits per heavy atom. The van der Waals surface area contributed by atoms with Gasteiger partial charge in [-0.2, -0.15) is 0 Å². The summed E-state index contributed by atoms with van der Waals surface area (Å²) in [5.41, 5.74) is 0.892. The minimum Gasteiger partial charge on any atom is -0.507 e. The Hall–Kier alpha value is -3.35. The number of aromatic hydroxyl groups is 1. The molecule has 1 aromatic heterocycles. The van der Waals surface area contributed by atoms with E-state index in [0.717, 1.165) is 0 Å². The maximum absolute atomic E-state index is 12.7. The number of hydrogen-bond donors (Lipinski definition) is 2. The van der Waals surface area contributed by atoms with E-state index in [0.29, 0.717) is 24.1 Å². The van der Waals surface area contributed by atoms with Crippen LogP contribution in [-0.2, 0) is 9.59 Å². The van der Waals surface area contributed by atoms with Crippen molar-refractivity contribution in [3.8, 4) is 11.5 Å². The number of aromatic nitrogens is 1. The second-order valence-corrected chi connectivity index (χ2v) is 6.16. The van der Waals surface area contributed by atoms with Gasteiger partial charge in [0.25, 0.3) is 11.7 Å². The van der Waals surface area contributed by atoms with Gasteiger partial charge in [-0.05, 0) is 36.2 Å². The average Bonchev–Trinajstić information content (AvgIpc) is 2.93. The van der Waals surface area contributed by atoms with Crippen LogP contribution in [0.2, 0.25) is 0 Å². The van der Waals surface area contributed by atoms with Gasteiger partial charge in [-0.1, -0.05) is 13.0 Å². The third-order valence-electron chi connectivity index (χ3n) is 4.48. The number of ether oxygens (including phenoxy) is 1. The Labute approximate surface area is 156 Å². The lowest BCUT2D eigenvalue weighted by Crippen LogP contribution is -2.30. The molecule has 140 valence electrons. The van der Waals surface area contributed by atoms with E-state index in [4.69, 9.17) is 4.74 Å². The van der Waals surface area contributed by atoms with E-state index in [-0.39, 0.29) is 22.8 Å². The first-order chi connectivity index (χ1) is 13.0. The molecule has 7 nitrogen and oxygen atoms in total. The van der Waals surface area contributed by atoms with Crippen molar-refractivity contribution in [1.29, 1.82) is 0 Å². The number of phenolic OH excluding ortho intramolecular Hbond substituents is 1. The van der Waals surface area contributed by atoms with Crippen LogP contribution in [0.3, 0.4) is 0 Å². The molecule has 27 heavy (non-hydrogen) atoms. The van der Waals surface area contributed by atoms with Crippen molar-refractivity contribution < 1.29 is 24.5 Å². The summed E-state index contributed by atoms with van der Waals surface area (Å²) >= 11 is 0. The van der Waals surface area contributed by atoms with Gasteiger partial charge in [0.05, 0.1) is 18.7 Å². The van der Waals surface area contributed by atoms with E-state index in [9.17, 15) is 19.8 Å². The lowest BCUT2D eigenvalue weighted by atomic mass is 9.95. The van der Waals surface area contributed by atoms with Crippen LogP contribution < -0.4 is 4.74 Å². The molecule has 0 spiro atoms. The van der Waals surface area contributed by atoms with Gasteiger partial charge in [0, 0.05) is 24.5 Å². The summed E-state index contributed by atoms with van der Waals surface area (Å²) in [4.78, 5) is 30.6. The molecule has 1 saturated heterocycles. The lowest BCUT2D eigenvalue weighted by Gasteiger charge is -2.25. The number of methoxy groups -OCH3 is 1. The Bertz CT molecular complexity index is 908. The number of carbonyl (C=O) groups is 2. The zero-order valence-electron chi connectivity index (χ0n) is 15.0. The first kappa shape index (κ1) is 18.4. The number of rotatable bonds is 5. The van der Waals surface area contributed by atoms with Crippen LogP contribution in [0.4, 0.5) is 0 Å². The predicted molar refractivity (Wildman–Crippen MR) is 98.2 cm³/mol. The van der Waals surface area contributed by atoms with Crippen LogP contribution in [0, 0.1) is 0 Å². The molecule has 0 bridgehead atoms. The molecule has 2 aromatic rings. The molecular weight excluding hydrogens is 348 g/mol. The molecule has 1 atom stereocenters. The molecule has 0 radical (unpaired) electrons. The van der Waals surface area contributed by atoms with Gasteiger partial charge in [0.15, 0.2) is 11.5 Å². The first-order valence-electron chi connectivity index (χ1n) is 8.55. The molecule has 1 aromatic carbocycles. The Morgan fingerprint density at radius 2 is 1.93 bits per heavy atom. The highest BCUT2D eigenvalue weighted by Gasteiger charge is 2.45. The highest BCUT2D eigenvalue weighted by atomic mass is 16.5. The lowest BCUT2D eigenvalue weighted by molar-refractivity contribution is -0.139. The molecule has 1 amide bonds. The summed E-state index contributed by atoms with van der Waals surface area (Å²) in [6.45, 7) is 2.24. The maximum Gasteiger partial charge on any atom is 0.295 e. The number of ketones is 1. The maximum atomic E-state index is 12.7. The van der Waals surface area contributed by atoms with Crippen LogP contribution >= 0.6 is 0 Å². The number of aliphatic hydroxyl groups excluding tert-OH is 1. The smallest absolute Gasteiger partial charge is 0.295 e. The van der Waals surface area contributed by atoms with Gasteiger partial charge in [-0.3, -0.25) is 14.6 Å². The number of amides is 1. The fraction of sp³-hybridized carbons (Fsp3) is 0.250. The summed E-state index contributed by atoms with van der Waals surface area (Å²) in [5.74, 6) is -1.53. The minimum atomic E-state index is -0.796. The van der Waals surface area contributed by atoms with Crippen LogP contribution in [0.25, 0.3) is 5.76 Å². The monoisotopic (exact) mass is 368 g/mol. The number of aliphatic hydroxyl groups is 1. The predicted octanol–water partition coefficient (Wildman–Crippen LogP) is 2.63. The van der Waals surface area contributed by atoms with Gasteiger partial charge in [-0.25, -0.2) is 0 Å². The highest BCUT2D eigenvalue weighted by Crippen LogP contribution is 2.41. The van der Waals surface area contributed by atoms with Crippen LogP contribution in [-0.4, -0.2) is 45.4 Å². The number of pyridine rings is 1. The van der Waals surface area contributed by atoms with Crippen molar-refractivity contribution in [1.82, 2.24) is 9.88 Å². The minimum absolute atomic E-state index is 0.00998. The third-order valence-corrected chi connectivity index (χ3v) is 4.48. The van der Waals surface area contributed by atoms with Gasteiger partial charge in [0.1, 0.15) is 5.76 Å². The molecule has 2 heterocycles. The zero-order chi connectivity index (χ0) is 19.6. The van der Waals surface area contributed by atoms with Crippen molar-refractivity contribution in [2.45, 2.75) is 19.4 Å². The normalized spacial score (nSPS) is 18.7. The fourth-order valence-electron chi connectivity index (χ4n) is 3.24. The van der Waals surface area contributed by atoms with E-state index < -0.39 is 17.7 Å². The van der Waals surface area contributed by atoms with E-state index in [1.165, 1.54) is 30.5 Å². The Kier molecular flexibility index (Phi) is 5.12. The standard InChI is InChI=1S/C20H20N2O5/c1-3-10-22-17(13-4-5-15(27-2)14(23)11-13)16(19(25)20(22)26)18(24)12-6-8-21-9-7-12/h4-9,11,17,23-24H,3,10H2,1-2H3/b18-16-. The molecule has 2 N–H and O–H groups in total. The summed E-state index contributed by atoms with van der Waals surface area (Å²) in [6, 6.07) is 6.99. The molecule has 7 heteroatoms. The van der Waals surface area contributed by atoms with E-state index in [1.807, 2.05) is 6.92 Å². The van der Waals surface area contributed by atoms with Crippen molar-refractivity contribution in [2.24, 2.45) is 0 Å². The van der Waals surface area contributed by atoms with Crippen molar-refractivity contribution in [3.05, 3.63) is 59.4 Å². The van der Waals surface area contributed by atoms with E-state index in [1.54, 1.807) is 24.3 Å². The summed E-state index contributed by atoms with van der Waals surface area (Å²) < 4.78 is 5.06. The number of likely N-dealkylation sites (tertiary alicyclic amines) is 1. The second kappa shape index (κ2) is 7.49. The first-order valence-corrected chi connectivity index (χ1v) is 8.55. The molecule has 1 aliphatic heterocycles. The molecule has 1 aliphatic rings. The number of phenols is 1. The Morgan fingerprint density at radius 3 is 2.52 bits per heavy atom. The highest BCUT2D eigenvalue weighted by molar-refractivity contribution is 6.46. The van der Waals surface area contributed by atoms with E-state index >= 15 is 0 Å². The van der Waals surface area contributed by atoms with Crippen molar-refractivity contribution in [2.75, 3.05) is 13.7 Å². The largest absolute Gasteiger partial charge is 0.507 e. The van der Waals surface area contributed by atoms with Crippen LogP contribution in [0.15, 0.2) is 48.3 Å². The van der Waals surface area contributed by atoms with Gasteiger partial charge < -0.3 is 19.8 Å². The van der Waals surface area contributed by atoms with Gasteiger partial charge in [0.2, 0.25) is 0 Å². The molecule has 0 aliphatic carbocycles. The zero-order valence-corrected chi connectivity index (χ0v) is 15.0. The third kappa shape index (κ3) is 3.23. The topological polar surface area (TPSA) is 100.0 Å². The van der Waals surface area contributed by atoms with Crippen molar-refractivity contribution >= 4 is 17.4 Å². The summed E-state index contributed by atoms with van der Waals surface area (Å²) in [5, 5.41) is 20.9. The SMILES string of the molecule is CCCN1C(=O)C(=O)/C(=C(\O)c2ccncc2)C1c1ccc(OC)c(O)c1. The second-order valence-electron chi connectivity index (χ2n) is 6.16. The average molecular weight is 368 g/mol. The number of benzene rings is 1. The number of hydrogen-bond acceptors (Lipinski definition) is 6. The number of Topliss-reactive ketones (excluding diaryl/α,β-unsaturated/α-hetero) is 1. The van der Waals surface area contributed by atoms with Gasteiger partial charge >= 0.3 is 0 Å². The molecule has 3 rings (SSSR count). The van der Waals surface area contributed by atoms with Crippen molar-refractivity contribution in [3.63, 3.8) is 0 Å². The summed E-state index contributed by atoms with van der Waals surface area (Å²) in [6.07, 6.45) is 3.62. The summed E-state index contributed by atoms with van der Waals surface area (Å²) in [7, 11) is 1.43. The molecular formula is C20H20N2O5. The number of carbonyl (C=O) groups excluding carboxylic acids is 2. The molecule has 1 unspecified atom stereocenters. The van der Waals surface area contributed by atoms with Crippen LogP contribution in [0.5, 0.6) is 11.5 Å². The van der Waals surface area contributed by atoms with Gasteiger partial charge in [-0.15, -0.1) is 0 Å². The molecule has 1 fully saturated rings.